The predicted octanol–water partition coefficient (Wildman–Crippen LogP) is 2.57. The fraction of sp³-hybridized carbons (Fsp3) is 0.750. The fourth-order valence-electron chi connectivity index (χ4n) is 2.44. The molecule has 3 heteroatoms. The van der Waals surface area contributed by atoms with Crippen molar-refractivity contribution in [3.8, 4) is 0 Å². The highest BCUT2D eigenvalue weighted by Gasteiger charge is 2.23. The number of hydrogen-bond donors (Lipinski definition) is 1. The van der Waals surface area contributed by atoms with Crippen LogP contribution in [0.2, 0.25) is 0 Å². The summed E-state index contributed by atoms with van der Waals surface area (Å²) in [5.74, 6) is 1.76. The topological polar surface area (TPSA) is 38.1 Å². The summed E-state index contributed by atoms with van der Waals surface area (Å²) < 4.78 is 5.15. The Bertz CT molecular complexity index is 313. The third-order valence-corrected chi connectivity index (χ3v) is 3.58. The van der Waals surface area contributed by atoms with Gasteiger partial charge in [-0.25, -0.2) is 0 Å². The minimum absolute atomic E-state index is 0.679. The highest BCUT2D eigenvalue weighted by Crippen LogP contribution is 2.25. The molecule has 1 fully saturated rings. The van der Waals surface area contributed by atoms with E-state index < -0.39 is 0 Å². The van der Waals surface area contributed by atoms with Gasteiger partial charge < -0.3 is 9.84 Å². The Kier molecular flexibility index (Phi) is 3.10. The summed E-state index contributed by atoms with van der Waals surface area (Å²) in [5.41, 5.74) is 2.25. The van der Waals surface area contributed by atoms with Gasteiger partial charge in [0.05, 0.1) is 5.69 Å². The molecule has 1 aromatic rings. The van der Waals surface area contributed by atoms with Crippen LogP contribution < -0.4 is 5.32 Å². The number of aryl methyl sites for hydroxylation is 2. The van der Waals surface area contributed by atoms with Gasteiger partial charge in [0.15, 0.2) is 0 Å². The number of nitrogens with zero attached hydrogens (tertiary/aromatic N) is 1. The number of hydrogen-bond acceptors (Lipinski definition) is 3. The lowest BCUT2D eigenvalue weighted by molar-refractivity contribution is 0.389. The normalized spacial score (nSPS) is 26.1. The number of rotatable bonds is 3. The van der Waals surface area contributed by atoms with Gasteiger partial charge in [-0.15, -0.1) is 0 Å². The molecule has 0 spiro atoms. The van der Waals surface area contributed by atoms with E-state index in [-0.39, 0.29) is 0 Å². The molecule has 0 aromatic carbocycles. The molecule has 0 bridgehead atoms. The molecule has 15 heavy (non-hydrogen) atoms. The Morgan fingerprint density at radius 2 is 2.20 bits per heavy atom. The Hall–Kier alpha value is -0.830. The maximum absolute atomic E-state index is 5.15. The zero-order valence-corrected chi connectivity index (χ0v) is 9.84. The van der Waals surface area contributed by atoms with Crippen molar-refractivity contribution < 1.29 is 4.52 Å². The smallest absolute Gasteiger partial charge is 0.138 e. The lowest BCUT2D eigenvalue weighted by Gasteiger charge is -2.16. The maximum Gasteiger partial charge on any atom is 0.138 e. The lowest BCUT2D eigenvalue weighted by Crippen LogP contribution is -2.30. The molecule has 1 heterocycles. The molecule has 1 aliphatic carbocycles. The van der Waals surface area contributed by atoms with Crippen LogP contribution in [0.5, 0.6) is 0 Å². The number of aromatic nitrogens is 1. The molecule has 0 amide bonds. The van der Waals surface area contributed by atoms with Crippen molar-refractivity contribution in [3.05, 3.63) is 17.0 Å². The van der Waals surface area contributed by atoms with Crippen molar-refractivity contribution >= 4 is 0 Å². The average Bonchev–Trinajstić information content (AvgIpc) is 2.73. The molecular weight excluding hydrogens is 188 g/mol. The lowest BCUT2D eigenvalue weighted by atomic mass is 10.1. The molecule has 84 valence electrons. The van der Waals surface area contributed by atoms with E-state index in [4.69, 9.17) is 4.52 Å². The van der Waals surface area contributed by atoms with E-state index in [2.05, 4.69) is 17.4 Å². The quantitative estimate of drug-likeness (QED) is 0.829. The van der Waals surface area contributed by atoms with Crippen molar-refractivity contribution in [2.75, 3.05) is 0 Å². The second-order valence-electron chi connectivity index (χ2n) is 4.70. The summed E-state index contributed by atoms with van der Waals surface area (Å²) in [6.07, 6.45) is 4.03. The van der Waals surface area contributed by atoms with E-state index in [9.17, 15) is 0 Å². The SMILES string of the molecule is Cc1noc(C)c1CN[C@@H]1CCC[C@@H]1C. The Balaban J connectivity index is 1.93. The van der Waals surface area contributed by atoms with Gasteiger partial charge in [0.2, 0.25) is 0 Å². The first-order valence-electron chi connectivity index (χ1n) is 5.83. The van der Waals surface area contributed by atoms with Gasteiger partial charge in [-0.2, -0.15) is 0 Å². The molecule has 0 saturated heterocycles. The number of nitrogens with one attached hydrogen (secondary N) is 1. The van der Waals surface area contributed by atoms with Crippen LogP contribution in [0.1, 0.15) is 43.2 Å². The second-order valence-corrected chi connectivity index (χ2v) is 4.70. The third-order valence-electron chi connectivity index (χ3n) is 3.58. The summed E-state index contributed by atoms with van der Waals surface area (Å²) in [5, 5.41) is 7.58. The highest BCUT2D eigenvalue weighted by atomic mass is 16.5. The highest BCUT2D eigenvalue weighted by molar-refractivity contribution is 5.20. The van der Waals surface area contributed by atoms with Gasteiger partial charge in [0.1, 0.15) is 5.76 Å². The molecule has 1 aromatic heterocycles. The molecule has 0 unspecified atom stereocenters. The van der Waals surface area contributed by atoms with E-state index in [1.54, 1.807) is 0 Å². The predicted molar refractivity (Wildman–Crippen MR) is 59.6 cm³/mol. The van der Waals surface area contributed by atoms with Crippen molar-refractivity contribution in [3.63, 3.8) is 0 Å². The van der Waals surface area contributed by atoms with Crippen LogP contribution in [0.15, 0.2) is 4.52 Å². The zero-order chi connectivity index (χ0) is 10.8. The first-order valence-corrected chi connectivity index (χ1v) is 5.83. The molecule has 1 N–H and O–H groups in total. The van der Waals surface area contributed by atoms with Gasteiger partial charge in [-0.3, -0.25) is 0 Å². The van der Waals surface area contributed by atoms with E-state index >= 15 is 0 Å². The Morgan fingerprint density at radius 3 is 2.73 bits per heavy atom. The monoisotopic (exact) mass is 208 g/mol. The van der Waals surface area contributed by atoms with E-state index in [0.29, 0.717) is 6.04 Å². The van der Waals surface area contributed by atoms with Gasteiger partial charge >= 0.3 is 0 Å². The average molecular weight is 208 g/mol. The summed E-state index contributed by atoms with van der Waals surface area (Å²) in [6, 6.07) is 0.679. The van der Waals surface area contributed by atoms with Gasteiger partial charge in [-0.1, -0.05) is 18.5 Å². The molecule has 1 aliphatic rings. The van der Waals surface area contributed by atoms with Gasteiger partial charge in [-0.05, 0) is 32.6 Å². The van der Waals surface area contributed by atoms with Crippen LogP contribution in [0.25, 0.3) is 0 Å². The second kappa shape index (κ2) is 4.35. The van der Waals surface area contributed by atoms with Crippen LogP contribution in [0.4, 0.5) is 0 Å². The summed E-state index contributed by atoms with van der Waals surface area (Å²) >= 11 is 0. The van der Waals surface area contributed by atoms with Crippen LogP contribution in [0, 0.1) is 19.8 Å². The molecule has 0 aliphatic heterocycles. The maximum atomic E-state index is 5.15. The summed E-state index contributed by atoms with van der Waals surface area (Å²) in [6.45, 7) is 7.22. The van der Waals surface area contributed by atoms with E-state index in [1.807, 2.05) is 13.8 Å². The molecule has 3 nitrogen and oxygen atoms in total. The molecule has 1 saturated carbocycles. The first-order chi connectivity index (χ1) is 7.18. The molecule has 2 rings (SSSR count). The molecular formula is C12H20N2O. The van der Waals surface area contributed by atoms with Crippen LogP contribution in [0.3, 0.4) is 0 Å². The van der Waals surface area contributed by atoms with Gasteiger partial charge in [0, 0.05) is 18.2 Å². The van der Waals surface area contributed by atoms with Crippen molar-refractivity contribution in [1.29, 1.82) is 0 Å². The van der Waals surface area contributed by atoms with E-state index in [0.717, 1.165) is 23.9 Å². The first kappa shape index (κ1) is 10.7. The molecule has 0 radical (unpaired) electrons. The van der Waals surface area contributed by atoms with E-state index in [1.165, 1.54) is 24.8 Å². The van der Waals surface area contributed by atoms with Crippen molar-refractivity contribution in [1.82, 2.24) is 10.5 Å². The summed E-state index contributed by atoms with van der Waals surface area (Å²) in [4.78, 5) is 0. The largest absolute Gasteiger partial charge is 0.361 e. The van der Waals surface area contributed by atoms with Crippen LogP contribution in [-0.4, -0.2) is 11.2 Å². The minimum Gasteiger partial charge on any atom is -0.361 e. The molecule has 2 atom stereocenters. The van der Waals surface area contributed by atoms with Crippen LogP contribution in [-0.2, 0) is 6.54 Å². The Labute approximate surface area is 91.2 Å². The third kappa shape index (κ3) is 2.23. The van der Waals surface area contributed by atoms with Crippen LogP contribution >= 0.6 is 0 Å². The van der Waals surface area contributed by atoms with Crippen molar-refractivity contribution in [2.24, 2.45) is 5.92 Å². The standard InChI is InChI=1S/C12H20N2O/c1-8-5-4-6-12(8)13-7-11-9(2)14-15-10(11)3/h8,12-13H,4-7H2,1-3H3/t8-,12+/m0/s1. The minimum atomic E-state index is 0.679. The van der Waals surface area contributed by atoms with Gasteiger partial charge in [0.25, 0.3) is 0 Å². The van der Waals surface area contributed by atoms with Crippen molar-refractivity contribution in [2.45, 2.75) is 52.6 Å². The fourth-order valence-corrected chi connectivity index (χ4v) is 2.44. The summed E-state index contributed by atoms with van der Waals surface area (Å²) in [7, 11) is 0. The Morgan fingerprint density at radius 1 is 1.40 bits per heavy atom. The zero-order valence-electron chi connectivity index (χ0n) is 9.84.